The number of amides is 1. The molecule has 2 heterocycles. The summed E-state index contributed by atoms with van der Waals surface area (Å²) in [6.07, 6.45) is 0.684. The Hall–Kier alpha value is -2.66. The molecule has 0 spiro atoms. The Labute approximate surface area is 149 Å². The minimum absolute atomic E-state index is 0.177. The lowest BCUT2D eigenvalue weighted by molar-refractivity contribution is 0.0734. The Balaban J connectivity index is 1.65. The third-order valence-corrected chi connectivity index (χ3v) is 4.63. The van der Waals surface area contributed by atoms with Crippen molar-refractivity contribution in [2.24, 2.45) is 0 Å². The molecule has 0 saturated carbocycles. The van der Waals surface area contributed by atoms with Crippen LogP contribution in [0.5, 0.6) is 0 Å². The second kappa shape index (κ2) is 6.33. The lowest BCUT2D eigenvalue weighted by Crippen LogP contribution is -2.36. The van der Waals surface area contributed by atoms with Crippen LogP contribution in [-0.4, -0.2) is 27.5 Å². The molecule has 1 amide bonds. The van der Waals surface area contributed by atoms with Gasteiger partial charge in [0, 0.05) is 46.9 Å². The number of rotatable bonds is 2. The summed E-state index contributed by atoms with van der Waals surface area (Å²) in [7, 11) is 0. The lowest BCUT2D eigenvalue weighted by atomic mass is 10.0. The molecule has 1 N–H and O–H groups in total. The fourth-order valence-electron chi connectivity index (χ4n) is 3.15. The summed E-state index contributed by atoms with van der Waals surface area (Å²) >= 11 is 6.08. The van der Waals surface area contributed by atoms with E-state index in [2.05, 4.69) is 10.2 Å². The van der Waals surface area contributed by atoms with E-state index < -0.39 is 5.82 Å². The van der Waals surface area contributed by atoms with Gasteiger partial charge >= 0.3 is 0 Å². The topological polar surface area (TPSA) is 49.0 Å². The van der Waals surface area contributed by atoms with E-state index in [4.69, 9.17) is 11.6 Å². The number of carbonyl (C=O) groups excluding carboxylic acids is 1. The SMILES string of the molecule is O=C(c1cccc(F)c1)N1CCc2[nH]nc(-c3cccc(Cl)c3)c2C1. The van der Waals surface area contributed by atoms with Gasteiger partial charge in [0.15, 0.2) is 0 Å². The first-order valence-corrected chi connectivity index (χ1v) is 8.36. The number of fused-ring (bicyclic) bond motifs is 1. The Bertz CT molecular complexity index is 953. The van der Waals surface area contributed by atoms with Crippen LogP contribution in [0.2, 0.25) is 5.02 Å². The van der Waals surface area contributed by atoms with Gasteiger partial charge < -0.3 is 4.90 Å². The van der Waals surface area contributed by atoms with Crippen LogP contribution in [0, 0.1) is 5.82 Å². The molecular formula is C19H15ClFN3O. The maximum Gasteiger partial charge on any atom is 0.254 e. The zero-order chi connectivity index (χ0) is 17.4. The highest BCUT2D eigenvalue weighted by atomic mass is 35.5. The Morgan fingerprint density at radius 2 is 2.04 bits per heavy atom. The van der Waals surface area contributed by atoms with Crippen LogP contribution in [0.1, 0.15) is 21.6 Å². The number of aromatic amines is 1. The van der Waals surface area contributed by atoms with Crippen molar-refractivity contribution in [2.45, 2.75) is 13.0 Å². The molecule has 4 nitrogen and oxygen atoms in total. The molecule has 0 unspecified atom stereocenters. The maximum absolute atomic E-state index is 13.4. The van der Waals surface area contributed by atoms with Crippen LogP contribution < -0.4 is 0 Å². The molecule has 6 heteroatoms. The van der Waals surface area contributed by atoms with Gasteiger partial charge in [-0.15, -0.1) is 0 Å². The van der Waals surface area contributed by atoms with Gasteiger partial charge in [-0.25, -0.2) is 4.39 Å². The minimum Gasteiger partial charge on any atom is -0.334 e. The van der Waals surface area contributed by atoms with E-state index >= 15 is 0 Å². The smallest absolute Gasteiger partial charge is 0.254 e. The molecule has 0 saturated heterocycles. The molecule has 0 atom stereocenters. The summed E-state index contributed by atoms with van der Waals surface area (Å²) in [5, 5.41) is 8.11. The zero-order valence-corrected chi connectivity index (χ0v) is 14.1. The van der Waals surface area contributed by atoms with Crippen LogP contribution >= 0.6 is 11.6 Å². The monoisotopic (exact) mass is 355 g/mol. The first kappa shape index (κ1) is 15.8. The molecule has 1 aliphatic rings. The normalized spacial score (nSPS) is 13.6. The van der Waals surface area contributed by atoms with Crippen molar-refractivity contribution in [3.63, 3.8) is 0 Å². The number of hydrogen-bond donors (Lipinski definition) is 1. The number of hydrogen-bond acceptors (Lipinski definition) is 2. The van der Waals surface area contributed by atoms with Gasteiger partial charge in [-0.05, 0) is 30.3 Å². The summed E-state index contributed by atoms with van der Waals surface area (Å²) in [6.45, 7) is 1.00. The van der Waals surface area contributed by atoms with Crippen molar-refractivity contribution >= 4 is 17.5 Å². The van der Waals surface area contributed by atoms with Gasteiger partial charge in [0.1, 0.15) is 5.82 Å². The predicted octanol–water partition coefficient (Wildman–Crippen LogP) is 4.07. The molecule has 0 aliphatic carbocycles. The third kappa shape index (κ3) is 3.03. The van der Waals surface area contributed by atoms with Crippen molar-refractivity contribution in [1.29, 1.82) is 0 Å². The van der Waals surface area contributed by atoms with Crippen LogP contribution in [0.15, 0.2) is 48.5 Å². The molecule has 2 aromatic carbocycles. The molecule has 1 aromatic heterocycles. The van der Waals surface area contributed by atoms with Crippen LogP contribution in [-0.2, 0) is 13.0 Å². The number of halogens is 2. The molecule has 126 valence electrons. The van der Waals surface area contributed by atoms with Crippen LogP contribution in [0.4, 0.5) is 4.39 Å². The number of nitrogens with one attached hydrogen (secondary N) is 1. The van der Waals surface area contributed by atoms with E-state index in [1.54, 1.807) is 17.0 Å². The van der Waals surface area contributed by atoms with E-state index in [1.165, 1.54) is 12.1 Å². The van der Waals surface area contributed by atoms with E-state index in [-0.39, 0.29) is 5.91 Å². The number of carbonyl (C=O) groups is 1. The van der Waals surface area contributed by atoms with Gasteiger partial charge in [-0.2, -0.15) is 5.10 Å². The fraction of sp³-hybridized carbons (Fsp3) is 0.158. The Morgan fingerprint density at radius 3 is 2.84 bits per heavy atom. The molecule has 0 bridgehead atoms. The molecule has 25 heavy (non-hydrogen) atoms. The van der Waals surface area contributed by atoms with Crippen molar-refractivity contribution < 1.29 is 9.18 Å². The number of H-pyrrole nitrogens is 1. The number of nitrogens with zero attached hydrogens (tertiary/aromatic N) is 2. The lowest BCUT2D eigenvalue weighted by Gasteiger charge is -2.27. The number of benzene rings is 2. The predicted molar refractivity (Wildman–Crippen MR) is 93.9 cm³/mol. The Morgan fingerprint density at radius 1 is 1.20 bits per heavy atom. The summed E-state index contributed by atoms with van der Waals surface area (Å²) < 4.78 is 13.4. The first-order chi connectivity index (χ1) is 12.1. The van der Waals surface area contributed by atoms with Crippen molar-refractivity contribution in [3.05, 3.63) is 76.2 Å². The average molecular weight is 356 g/mol. The minimum atomic E-state index is -0.411. The maximum atomic E-state index is 13.4. The largest absolute Gasteiger partial charge is 0.334 e. The second-order valence-electron chi connectivity index (χ2n) is 6.03. The van der Waals surface area contributed by atoms with E-state index in [0.717, 1.165) is 22.5 Å². The van der Waals surface area contributed by atoms with Gasteiger partial charge in [0.2, 0.25) is 0 Å². The highest BCUT2D eigenvalue weighted by molar-refractivity contribution is 6.30. The first-order valence-electron chi connectivity index (χ1n) is 7.99. The summed E-state index contributed by atoms with van der Waals surface area (Å²) in [5.41, 5.74) is 4.08. The molecule has 4 rings (SSSR count). The molecule has 0 fully saturated rings. The van der Waals surface area contributed by atoms with Crippen LogP contribution in [0.3, 0.4) is 0 Å². The Kier molecular flexibility index (Phi) is 4.01. The summed E-state index contributed by atoms with van der Waals surface area (Å²) in [4.78, 5) is 14.4. The third-order valence-electron chi connectivity index (χ3n) is 4.39. The fourth-order valence-corrected chi connectivity index (χ4v) is 3.34. The van der Waals surface area contributed by atoms with Gasteiger partial charge in [0.25, 0.3) is 5.91 Å². The van der Waals surface area contributed by atoms with E-state index in [1.807, 2.05) is 24.3 Å². The van der Waals surface area contributed by atoms with Crippen LogP contribution in [0.25, 0.3) is 11.3 Å². The molecule has 3 aromatic rings. The van der Waals surface area contributed by atoms with Gasteiger partial charge in [-0.3, -0.25) is 9.89 Å². The molecule has 1 aliphatic heterocycles. The quantitative estimate of drug-likeness (QED) is 0.753. The molecule has 0 radical (unpaired) electrons. The molecular weight excluding hydrogens is 341 g/mol. The second-order valence-corrected chi connectivity index (χ2v) is 6.46. The van der Waals surface area contributed by atoms with E-state index in [0.29, 0.717) is 30.1 Å². The standard InChI is InChI=1S/C19H15ClFN3O/c20-14-5-1-3-12(9-14)18-16-11-24(8-7-17(16)22-23-18)19(25)13-4-2-6-15(21)10-13/h1-6,9-10H,7-8,11H2,(H,22,23). The summed E-state index contributed by atoms with van der Waals surface area (Å²) in [5.74, 6) is -0.588. The average Bonchev–Trinajstić information content (AvgIpc) is 3.04. The highest BCUT2D eigenvalue weighted by Gasteiger charge is 2.26. The van der Waals surface area contributed by atoms with Gasteiger partial charge in [0.05, 0.1) is 5.69 Å². The van der Waals surface area contributed by atoms with Crippen molar-refractivity contribution in [3.8, 4) is 11.3 Å². The van der Waals surface area contributed by atoms with Gasteiger partial charge in [-0.1, -0.05) is 29.8 Å². The van der Waals surface area contributed by atoms with E-state index in [9.17, 15) is 9.18 Å². The van der Waals surface area contributed by atoms with Crippen molar-refractivity contribution in [1.82, 2.24) is 15.1 Å². The summed E-state index contributed by atoms with van der Waals surface area (Å²) in [6, 6.07) is 13.3. The van der Waals surface area contributed by atoms with Crippen molar-refractivity contribution in [2.75, 3.05) is 6.54 Å². The highest BCUT2D eigenvalue weighted by Crippen LogP contribution is 2.30. The number of aromatic nitrogens is 2. The zero-order valence-electron chi connectivity index (χ0n) is 13.3.